The number of nitrogens with zero attached hydrogens (tertiary/aromatic N) is 2. The van der Waals surface area contributed by atoms with Gasteiger partial charge in [0.25, 0.3) is 0 Å². The van der Waals surface area contributed by atoms with Crippen LogP contribution >= 0.6 is 0 Å². The molecule has 0 aliphatic heterocycles. The molecule has 2 aromatic heterocycles. The van der Waals surface area contributed by atoms with E-state index in [4.69, 9.17) is 0 Å². The summed E-state index contributed by atoms with van der Waals surface area (Å²) >= 11 is 0. The van der Waals surface area contributed by atoms with Gasteiger partial charge in [-0.05, 0) is 38.1 Å². The highest BCUT2D eigenvalue weighted by Gasteiger charge is 2.15. The Balaban J connectivity index is 2.27. The van der Waals surface area contributed by atoms with Gasteiger partial charge in [-0.15, -0.1) is 0 Å². The summed E-state index contributed by atoms with van der Waals surface area (Å²) in [5.41, 5.74) is 4.98. The first kappa shape index (κ1) is 13.4. The fraction of sp³-hybridized carbons (Fsp3) is 0.176. The van der Waals surface area contributed by atoms with E-state index in [9.17, 15) is 4.79 Å². The number of nitrogens with one attached hydrogen (secondary N) is 1. The van der Waals surface area contributed by atoms with Crippen molar-refractivity contribution in [3.63, 3.8) is 0 Å². The van der Waals surface area contributed by atoms with Crippen LogP contribution in [-0.4, -0.2) is 15.3 Å². The second-order valence-corrected chi connectivity index (χ2v) is 5.30. The summed E-state index contributed by atoms with van der Waals surface area (Å²) in [6, 6.07) is 12.1. The van der Waals surface area contributed by atoms with Crippen molar-refractivity contribution < 1.29 is 4.79 Å². The van der Waals surface area contributed by atoms with E-state index in [0.717, 1.165) is 16.9 Å². The normalized spacial score (nSPS) is 10.8. The van der Waals surface area contributed by atoms with Crippen molar-refractivity contribution in [2.75, 3.05) is 5.32 Å². The van der Waals surface area contributed by atoms with Crippen LogP contribution < -0.4 is 5.32 Å². The Hall–Kier alpha value is -2.62. The fourth-order valence-corrected chi connectivity index (χ4v) is 2.59. The van der Waals surface area contributed by atoms with Crippen LogP contribution in [0.5, 0.6) is 0 Å². The molecule has 1 amide bonds. The van der Waals surface area contributed by atoms with Crippen molar-refractivity contribution in [1.82, 2.24) is 9.38 Å². The maximum atomic E-state index is 11.5. The van der Waals surface area contributed by atoms with Crippen LogP contribution in [0, 0.1) is 13.8 Å². The predicted octanol–water partition coefficient (Wildman–Crippen LogP) is 3.58. The lowest BCUT2D eigenvalue weighted by Gasteiger charge is -2.07. The molecule has 1 N–H and O–H groups in total. The van der Waals surface area contributed by atoms with Gasteiger partial charge in [0, 0.05) is 18.7 Å². The summed E-state index contributed by atoms with van der Waals surface area (Å²) in [5.74, 6) is 0.606. The molecule has 0 radical (unpaired) electrons. The van der Waals surface area contributed by atoms with Crippen molar-refractivity contribution in [3.05, 3.63) is 53.7 Å². The molecule has 0 unspecified atom stereocenters. The monoisotopic (exact) mass is 279 g/mol. The summed E-state index contributed by atoms with van der Waals surface area (Å²) in [6.07, 6.45) is 1.90. The fourth-order valence-electron chi connectivity index (χ4n) is 2.59. The number of imidazole rings is 1. The van der Waals surface area contributed by atoms with Gasteiger partial charge in [-0.25, -0.2) is 4.98 Å². The van der Waals surface area contributed by atoms with E-state index in [1.54, 1.807) is 0 Å². The van der Waals surface area contributed by atoms with Crippen LogP contribution in [0.4, 0.5) is 5.82 Å². The third-order valence-corrected chi connectivity index (χ3v) is 3.32. The Labute approximate surface area is 123 Å². The van der Waals surface area contributed by atoms with Gasteiger partial charge >= 0.3 is 0 Å². The number of carbonyl (C=O) groups is 1. The first-order chi connectivity index (χ1) is 10.0. The molecule has 0 aliphatic carbocycles. The van der Waals surface area contributed by atoms with E-state index in [-0.39, 0.29) is 5.91 Å². The zero-order valence-electron chi connectivity index (χ0n) is 12.3. The summed E-state index contributed by atoms with van der Waals surface area (Å²) in [4.78, 5) is 16.2. The number of aromatic nitrogens is 2. The third-order valence-electron chi connectivity index (χ3n) is 3.32. The van der Waals surface area contributed by atoms with Crippen molar-refractivity contribution in [3.8, 4) is 11.3 Å². The van der Waals surface area contributed by atoms with Gasteiger partial charge < -0.3 is 5.32 Å². The van der Waals surface area contributed by atoms with Gasteiger partial charge in [0.2, 0.25) is 5.91 Å². The van der Waals surface area contributed by atoms with Gasteiger partial charge in [0.05, 0.1) is 0 Å². The topological polar surface area (TPSA) is 46.4 Å². The molecule has 0 bridgehead atoms. The number of rotatable bonds is 2. The highest BCUT2D eigenvalue weighted by molar-refractivity contribution is 5.93. The molecule has 1 aromatic carbocycles. The summed E-state index contributed by atoms with van der Waals surface area (Å²) in [6.45, 7) is 5.63. The molecule has 0 saturated heterocycles. The molecule has 0 fully saturated rings. The number of carbonyl (C=O) groups excluding carboxylic acids is 1. The lowest BCUT2D eigenvalue weighted by molar-refractivity contribution is -0.114. The Kier molecular flexibility index (Phi) is 3.22. The number of aryl methyl sites for hydroxylation is 2. The minimum absolute atomic E-state index is 0.105. The van der Waals surface area contributed by atoms with E-state index in [0.29, 0.717) is 5.82 Å². The Morgan fingerprint density at radius 2 is 1.86 bits per heavy atom. The predicted molar refractivity (Wildman–Crippen MR) is 84.4 cm³/mol. The van der Waals surface area contributed by atoms with Gasteiger partial charge in [-0.3, -0.25) is 9.20 Å². The SMILES string of the molecule is CC(=O)Nc1c(-c2cc(C)cc(C)c2)nc2ccccn12. The number of hydrogen-bond donors (Lipinski definition) is 1. The molecule has 0 spiro atoms. The van der Waals surface area contributed by atoms with E-state index < -0.39 is 0 Å². The van der Waals surface area contributed by atoms with Gasteiger partial charge in [0.1, 0.15) is 17.2 Å². The number of anilines is 1. The molecule has 4 nitrogen and oxygen atoms in total. The molecule has 0 saturated carbocycles. The molecule has 21 heavy (non-hydrogen) atoms. The molecular formula is C17H17N3O. The largest absolute Gasteiger partial charge is 0.310 e. The zero-order chi connectivity index (χ0) is 15.0. The highest BCUT2D eigenvalue weighted by atomic mass is 16.1. The lowest BCUT2D eigenvalue weighted by atomic mass is 10.1. The minimum Gasteiger partial charge on any atom is -0.310 e. The van der Waals surface area contributed by atoms with Crippen LogP contribution in [0.15, 0.2) is 42.6 Å². The lowest BCUT2D eigenvalue weighted by Crippen LogP contribution is -2.09. The van der Waals surface area contributed by atoms with Crippen LogP contribution in [0.2, 0.25) is 0 Å². The highest BCUT2D eigenvalue weighted by Crippen LogP contribution is 2.30. The molecule has 3 rings (SSSR count). The first-order valence-electron chi connectivity index (χ1n) is 6.88. The quantitative estimate of drug-likeness (QED) is 0.779. The van der Waals surface area contributed by atoms with Gasteiger partial charge in [-0.2, -0.15) is 0 Å². The van der Waals surface area contributed by atoms with Crippen molar-refractivity contribution in [2.45, 2.75) is 20.8 Å². The number of amides is 1. The van der Waals surface area contributed by atoms with Crippen molar-refractivity contribution >= 4 is 17.4 Å². The molecule has 3 aromatic rings. The summed E-state index contributed by atoms with van der Waals surface area (Å²) < 4.78 is 1.90. The van der Waals surface area contributed by atoms with Gasteiger partial charge in [0.15, 0.2) is 0 Å². The minimum atomic E-state index is -0.105. The van der Waals surface area contributed by atoms with Gasteiger partial charge in [-0.1, -0.05) is 23.3 Å². The third kappa shape index (κ3) is 2.52. The zero-order valence-corrected chi connectivity index (χ0v) is 12.3. The average Bonchev–Trinajstić information content (AvgIpc) is 2.76. The van der Waals surface area contributed by atoms with Crippen LogP contribution in [-0.2, 0) is 4.79 Å². The van der Waals surface area contributed by atoms with Crippen LogP contribution in [0.3, 0.4) is 0 Å². The molecule has 0 atom stereocenters. The average molecular weight is 279 g/mol. The summed E-state index contributed by atoms with van der Waals surface area (Å²) in [7, 11) is 0. The molecule has 2 heterocycles. The second kappa shape index (κ2) is 5.05. The van der Waals surface area contributed by atoms with Crippen molar-refractivity contribution in [1.29, 1.82) is 0 Å². The van der Waals surface area contributed by atoms with Crippen LogP contribution in [0.25, 0.3) is 16.9 Å². The molecule has 0 aliphatic rings. The first-order valence-corrected chi connectivity index (χ1v) is 6.88. The summed E-state index contributed by atoms with van der Waals surface area (Å²) in [5, 5.41) is 2.90. The Morgan fingerprint density at radius 3 is 2.52 bits per heavy atom. The standard InChI is InChI=1S/C17H17N3O/c1-11-8-12(2)10-14(9-11)16-17(18-13(3)21)20-7-5-4-6-15(20)19-16/h4-10H,1-3H3,(H,18,21). The number of hydrogen-bond acceptors (Lipinski definition) is 2. The number of pyridine rings is 1. The maximum Gasteiger partial charge on any atom is 0.222 e. The van der Waals surface area contributed by atoms with Crippen molar-refractivity contribution in [2.24, 2.45) is 0 Å². The number of benzene rings is 1. The Bertz CT molecular complexity index is 813. The number of fused-ring (bicyclic) bond motifs is 1. The van der Waals surface area contributed by atoms with E-state index in [2.05, 4.69) is 42.3 Å². The van der Waals surface area contributed by atoms with Crippen LogP contribution in [0.1, 0.15) is 18.1 Å². The second-order valence-electron chi connectivity index (χ2n) is 5.30. The van der Waals surface area contributed by atoms with E-state index in [1.807, 2.05) is 28.8 Å². The maximum absolute atomic E-state index is 11.5. The molecule has 4 heteroatoms. The van der Waals surface area contributed by atoms with E-state index >= 15 is 0 Å². The molecule has 106 valence electrons. The van der Waals surface area contributed by atoms with E-state index in [1.165, 1.54) is 18.1 Å². The molecular weight excluding hydrogens is 262 g/mol. The smallest absolute Gasteiger partial charge is 0.222 e. The Morgan fingerprint density at radius 1 is 1.14 bits per heavy atom.